The second kappa shape index (κ2) is 17.3. The Balaban J connectivity index is 1.67. The fourth-order valence-corrected chi connectivity index (χ4v) is 4.96. The summed E-state index contributed by atoms with van der Waals surface area (Å²) in [5, 5.41) is 0. The molecule has 0 unspecified atom stereocenters. The van der Waals surface area contributed by atoms with Crippen LogP contribution in [0.2, 0.25) is 0 Å². The third-order valence-electron chi connectivity index (χ3n) is 7.35. The van der Waals surface area contributed by atoms with Gasteiger partial charge in [0.15, 0.2) is 34.6 Å². The van der Waals surface area contributed by atoms with Crippen LogP contribution in [0.15, 0.2) is 97.1 Å². The number of carbonyl (C=O) groups is 4. The number of benzene rings is 4. The van der Waals surface area contributed by atoms with Gasteiger partial charge >= 0.3 is 11.9 Å². The maximum atomic E-state index is 14.1. The van der Waals surface area contributed by atoms with Crippen LogP contribution in [-0.2, 0) is 32.3 Å². The Bertz CT molecular complexity index is 1570. The summed E-state index contributed by atoms with van der Waals surface area (Å²) in [5.74, 6) is -6.35. The molecule has 0 aliphatic rings. The molecule has 0 spiro atoms. The van der Waals surface area contributed by atoms with Crippen molar-refractivity contribution < 1.29 is 47.6 Å². The molecule has 48 heavy (non-hydrogen) atoms. The number of rotatable bonds is 17. The van der Waals surface area contributed by atoms with Gasteiger partial charge in [0, 0.05) is 11.1 Å². The molecule has 10 heteroatoms. The first-order valence-corrected chi connectivity index (χ1v) is 15.4. The predicted octanol–water partition coefficient (Wildman–Crippen LogP) is 6.29. The predicted molar refractivity (Wildman–Crippen MR) is 176 cm³/mol. The van der Waals surface area contributed by atoms with Crippen molar-refractivity contribution in [1.29, 1.82) is 0 Å². The minimum Gasteiger partial charge on any atom is -0.493 e. The third-order valence-corrected chi connectivity index (χ3v) is 7.35. The highest BCUT2D eigenvalue weighted by Gasteiger charge is 2.46. The number of carbonyl (C=O) groups excluding carboxylic acids is 4. The van der Waals surface area contributed by atoms with Crippen molar-refractivity contribution in [3.8, 4) is 23.0 Å². The van der Waals surface area contributed by atoms with Crippen LogP contribution in [0.1, 0.15) is 45.7 Å². The molecule has 0 heterocycles. The van der Waals surface area contributed by atoms with Crippen LogP contribution >= 0.6 is 0 Å². The fraction of sp³-hybridized carbons (Fsp3) is 0.263. The molecule has 0 radical (unpaired) electrons. The molecule has 0 amide bonds. The number of hydrogen-bond donors (Lipinski definition) is 0. The Hall–Kier alpha value is -5.64. The van der Waals surface area contributed by atoms with Crippen molar-refractivity contribution in [2.75, 3.05) is 27.4 Å². The molecule has 2 atom stereocenters. The second-order valence-corrected chi connectivity index (χ2v) is 10.5. The molecule has 0 saturated heterocycles. The zero-order valence-corrected chi connectivity index (χ0v) is 27.3. The van der Waals surface area contributed by atoms with Crippen LogP contribution in [0, 0.1) is 11.8 Å². The lowest BCUT2D eigenvalue weighted by molar-refractivity contribution is -0.156. The molecule has 10 nitrogen and oxygen atoms in total. The van der Waals surface area contributed by atoms with Gasteiger partial charge in [-0.1, -0.05) is 60.7 Å². The molecule has 0 fully saturated rings. The van der Waals surface area contributed by atoms with Gasteiger partial charge in [-0.15, -0.1) is 0 Å². The largest absolute Gasteiger partial charge is 0.493 e. The monoisotopic (exact) mass is 654 g/mol. The zero-order chi connectivity index (χ0) is 34.5. The molecule has 0 bridgehead atoms. The summed E-state index contributed by atoms with van der Waals surface area (Å²) in [6.45, 7) is 3.42. The van der Waals surface area contributed by atoms with E-state index in [0.29, 0.717) is 11.5 Å². The van der Waals surface area contributed by atoms with Gasteiger partial charge in [0.25, 0.3) is 0 Å². The Labute approximate surface area is 279 Å². The molecule has 4 aromatic rings. The standard InChI is InChI=1S/C38H38O10/c1-5-45-37(41)33(35(39)27-17-19-29(31(21-27)43-3)47-23-25-13-9-7-10-14-25)34(38(42)46-6-2)36(40)28-18-20-30(32(22-28)44-4)48-24-26-15-11-8-12-16-26/h7-22,33-34H,5-6,23-24H2,1-4H3/t33-,34-/m0/s1. The summed E-state index contributed by atoms with van der Waals surface area (Å²) in [6, 6.07) is 27.7. The Morgan fingerprint density at radius 3 is 1.23 bits per heavy atom. The molecule has 0 aromatic heterocycles. The van der Waals surface area contributed by atoms with Gasteiger partial charge < -0.3 is 28.4 Å². The lowest BCUT2D eigenvalue weighted by atomic mass is 9.80. The van der Waals surface area contributed by atoms with Crippen LogP contribution in [0.25, 0.3) is 0 Å². The lowest BCUT2D eigenvalue weighted by Crippen LogP contribution is -2.42. The molecule has 4 aromatic carbocycles. The SMILES string of the molecule is CCOC(=O)[C@H](C(=O)c1ccc(OCc2ccccc2)c(OC)c1)[C@H](C(=O)OCC)C(=O)c1ccc(OCc2ccccc2)c(OC)c1. The van der Waals surface area contributed by atoms with Crippen LogP contribution in [-0.4, -0.2) is 50.9 Å². The molecule has 0 saturated carbocycles. The molecular formula is C38H38O10. The first kappa shape index (κ1) is 35.2. The van der Waals surface area contributed by atoms with Crippen LogP contribution < -0.4 is 18.9 Å². The van der Waals surface area contributed by atoms with E-state index in [2.05, 4.69) is 0 Å². The van der Waals surface area contributed by atoms with E-state index in [1.165, 1.54) is 50.6 Å². The minimum absolute atomic E-state index is 0.00121. The van der Waals surface area contributed by atoms with E-state index in [0.717, 1.165) is 11.1 Å². The van der Waals surface area contributed by atoms with E-state index in [1.54, 1.807) is 13.8 Å². The number of ketones is 2. The molecule has 4 rings (SSSR count). The van der Waals surface area contributed by atoms with E-state index in [-0.39, 0.29) is 49.1 Å². The van der Waals surface area contributed by atoms with Crippen molar-refractivity contribution in [3.63, 3.8) is 0 Å². The van der Waals surface area contributed by atoms with Crippen molar-refractivity contribution >= 4 is 23.5 Å². The summed E-state index contributed by atoms with van der Waals surface area (Å²) in [5.41, 5.74) is 1.85. The second-order valence-electron chi connectivity index (χ2n) is 10.5. The van der Waals surface area contributed by atoms with Crippen molar-refractivity contribution in [1.82, 2.24) is 0 Å². The summed E-state index contributed by atoms with van der Waals surface area (Å²) in [6.07, 6.45) is 0. The van der Waals surface area contributed by atoms with E-state index < -0.39 is 35.3 Å². The van der Waals surface area contributed by atoms with E-state index in [9.17, 15) is 19.2 Å². The molecule has 250 valence electrons. The van der Waals surface area contributed by atoms with Crippen LogP contribution in [0.4, 0.5) is 0 Å². The highest BCUT2D eigenvalue weighted by Crippen LogP contribution is 2.34. The van der Waals surface area contributed by atoms with Crippen LogP contribution in [0.3, 0.4) is 0 Å². The van der Waals surface area contributed by atoms with Crippen molar-refractivity contribution in [2.24, 2.45) is 11.8 Å². The maximum Gasteiger partial charge on any atom is 0.318 e. The third kappa shape index (κ3) is 8.79. The minimum atomic E-state index is -1.86. The van der Waals surface area contributed by atoms with Crippen molar-refractivity contribution in [3.05, 3.63) is 119 Å². The number of esters is 2. The van der Waals surface area contributed by atoms with Crippen molar-refractivity contribution in [2.45, 2.75) is 27.1 Å². The highest BCUT2D eigenvalue weighted by molar-refractivity contribution is 6.19. The van der Waals surface area contributed by atoms with E-state index in [4.69, 9.17) is 28.4 Å². The van der Waals surface area contributed by atoms with Gasteiger partial charge in [-0.2, -0.15) is 0 Å². The molecule has 0 aliphatic carbocycles. The van der Waals surface area contributed by atoms with Crippen LogP contribution in [0.5, 0.6) is 23.0 Å². The van der Waals surface area contributed by atoms with Gasteiger partial charge in [0.2, 0.25) is 0 Å². The van der Waals surface area contributed by atoms with Gasteiger partial charge in [-0.05, 0) is 61.4 Å². The number of hydrogen-bond acceptors (Lipinski definition) is 10. The average Bonchev–Trinajstić information content (AvgIpc) is 3.12. The van der Waals surface area contributed by atoms with Gasteiger partial charge in [-0.25, -0.2) is 0 Å². The Morgan fingerprint density at radius 1 is 0.521 bits per heavy atom. The lowest BCUT2D eigenvalue weighted by Gasteiger charge is -2.23. The summed E-state index contributed by atoms with van der Waals surface area (Å²) < 4.78 is 33.2. The smallest absolute Gasteiger partial charge is 0.318 e. The van der Waals surface area contributed by atoms with Gasteiger partial charge in [0.1, 0.15) is 25.0 Å². The molecular weight excluding hydrogens is 616 g/mol. The summed E-state index contributed by atoms with van der Waals surface area (Å²) in [7, 11) is 2.82. The number of ether oxygens (including phenoxy) is 6. The fourth-order valence-electron chi connectivity index (χ4n) is 4.96. The summed E-state index contributed by atoms with van der Waals surface area (Å²) >= 11 is 0. The summed E-state index contributed by atoms with van der Waals surface area (Å²) in [4.78, 5) is 55.0. The van der Waals surface area contributed by atoms with Gasteiger partial charge in [-0.3, -0.25) is 19.2 Å². The first-order valence-electron chi connectivity index (χ1n) is 15.4. The zero-order valence-electron chi connectivity index (χ0n) is 27.3. The van der Waals surface area contributed by atoms with Gasteiger partial charge in [0.05, 0.1) is 27.4 Å². The number of Topliss-reactive ketones (excluding diaryl/α,β-unsaturated/α-hetero) is 2. The normalized spacial score (nSPS) is 11.8. The Kier molecular flexibility index (Phi) is 12.7. The maximum absolute atomic E-state index is 14.1. The average molecular weight is 655 g/mol. The quantitative estimate of drug-likeness (QED) is 0.0729. The molecule has 0 N–H and O–H groups in total. The van der Waals surface area contributed by atoms with E-state index in [1.807, 2.05) is 60.7 Å². The topological polar surface area (TPSA) is 124 Å². The number of methoxy groups -OCH3 is 2. The van der Waals surface area contributed by atoms with E-state index >= 15 is 0 Å². The molecule has 0 aliphatic heterocycles. The Morgan fingerprint density at radius 2 is 0.896 bits per heavy atom. The highest BCUT2D eigenvalue weighted by atomic mass is 16.5. The first-order chi connectivity index (χ1) is 23.3.